The van der Waals surface area contributed by atoms with Crippen LogP contribution in [0.15, 0.2) is 67.3 Å². The smallest absolute Gasteiger partial charge is 0.273 e. The normalized spacial score (nSPS) is 10.2. The predicted octanol–water partition coefficient (Wildman–Crippen LogP) is 2.74. The van der Waals surface area contributed by atoms with Crippen molar-refractivity contribution in [3.8, 4) is 5.75 Å². The van der Waals surface area contributed by atoms with Crippen LogP contribution in [0.1, 0.15) is 15.9 Å². The largest absolute Gasteiger partial charge is 0.489 e. The fourth-order valence-electron chi connectivity index (χ4n) is 2.04. The van der Waals surface area contributed by atoms with Crippen molar-refractivity contribution in [2.45, 2.75) is 0 Å². The van der Waals surface area contributed by atoms with Crippen molar-refractivity contribution in [1.82, 2.24) is 16.2 Å². The molecule has 3 N–H and O–H groups in total. The highest BCUT2D eigenvalue weighted by Gasteiger charge is 2.12. The maximum atomic E-state index is 12.8. The molecule has 0 radical (unpaired) electrons. The second-order valence-electron chi connectivity index (χ2n) is 5.38. The number of benzene rings is 2. The van der Waals surface area contributed by atoms with Gasteiger partial charge in [0.1, 0.15) is 18.2 Å². The molecule has 0 aliphatic carbocycles. The summed E-state index contributed by atoms with van der Waals surface area (Å²) in [5, 5.41) is 2.29. The molecule has 2 aromatic rings. The third-order valence-electron chi connectivity index (χ3n) is 3.31. The Bertz CT molecular complexity index is 898. The van der Waals surface area contributed by atoms with E-state index in [-0.39, 0.29) is 17.5 Å². The van der Waals surface area contributed by atoms with Crippen molar-refractivity contribution in [3.05, 3.63) is 84.2 Å². The average Bonchev–Trinajstić information content (AvgIpc) is 2.70. The summed E-state index contributed by atoms with van der Waals surface area (Å²) in [6, 6.07) is 12.3. The first-order valence-corrected chi connectivity index (χ1v) is 8.58. The van der Waals surface area contributed by atoms with Crippen LogP contribution in [0.3, 0.4) is 0 Å². The molecule has 0 saturated heterocycles. The Hall–Kier alpha value is -3.52. The first kappa shape index (κ1) is 20.8. The number of halogens is 1. The van der Waals surface area contributed by atoms with Gasteiger partial charge >= 0.3 is 0 Å². The summed E-state index contributed by atoms with van der Waals surface area (Å²) in [7, 11) is 0. The minimum absolute atomic E-state index is 0.0911. The van der Waals surface area contributed by atoms with Crippen LogP contribution < -0.4 is 20.9 Å². The average molecular weight is 399 g/mol. The number of hydrogen-bond donors (Lipinski definition) is 3. The molecule has 0 atom stereocenters. The van der Waals surface area contributed by atoms with Crippen molar-refractivity contribution in [3.63, 3.8) is 0 Å². The van der Waals surface area contributed by atoms with Crippen molar-refractivity contribution in [1.29, 1.82) is 0 Å². The number of rotatable bonds is 6. The quantitative estimate of drug-likeness (QED) is 0.301. The van der Waals surface area contributed by atoms with Crippen LogP contribution in [0.2, 0.25) is 0 Å². The Morgan fingerprint density at radius 2 is 1.82 bits per heavy atom. The number of hydrogen-bond acceptors (Lipinski definition) is 4. The Morgan fingerprint density at radius 1 is 1.11 bits per heavy atom. The van der Waals surface area contributed by atoms with Gasteiger partial charge in [0.05, 0.1) is 5.56 Å². The van der Waals surface area contributed by atoms with Crippen LogP contribution in [0, 0.1) is 5.82 Å². The first-order chi connectivity index (χ1) is 13.5. The van der Waals surface area contributed by atoms with E-state index >= 15 is 0 Å². The number of amides is 2. The van der Waals surface area contributed by atoms with Gasteiger partial charge in [-0.2, -0.15) is 0 Å². The maximum absolute atomic E-state index is 12.8. The Balaban J connectivity index is 1.85. The van der Waals surface area contributed by atoms with Gasteiger partial charge in [-0.3, -0.25) is 25.8 Å². The lowest BCUT2D eigenvalue weighted by Gasteiger charge is -2.12. The molecule has 0 fully saturated rings. The molecule has 0 bridgehead atoms. The number of hydrazine groups is 1. The Kier molecular flexibility index (Phi) is 7.86. The molecule has 0 saturated carbocycles. The van der Waals surface area contributed by atoms with Gasteiger partial charge in [-0.1, -0.05) is 36.9 Å². The monoisotopic (exact) mass is 399 g/mol. The molecule has 2 amide bonds. The van der Waals surface area contributed by atoms with Crippen molar-refractivity contribution in [2.75, 3.05) is 6.61 Å². The minimum atomic E-state index is -0.509. The number of para-hydroxylation sites is 1. The summed E-state index contributed by atoms with van der Waals surface area (Å²) in [6.45, 7) is 3.81. The van der Waals surface area contributed by atoms with E-state index in [4.69, 9.17) is 17.0 Å². The molecule has 8 heteroatoms. The topological polar surface area (TPSA) is 79.5 Å². The highest BCUT2D eigenvalue weighted by atomic mass is 32.1. The van der Waals surface area contributed by atoms with Crippen LogP contribution in [-0.2, 0) is 4.79 Å². The summed E-state index contributed by atoms with van der Waals surface area (Å²) >= 11 is 4.96. The summed E-state index contributed by atoms with van der Waals surface area (Å²) in [5.74, 6) is -0.970. The molecule has 144 valence electrons. The lowest BCUT2D eigenvalue weighted by molar-refractivity contribution is -0.115. The molecule has 0 heterocycles. The number of thiocarbonyl (C=S) groups is 1. The van der Waals surface area contributed by atoms with Crippen LogP contribution in [-0.4, -0.2) is 23.5 Å². The first-order valence-electron chi connectivity index (χ1n) is 8.17. The molecule has 0 aliphatic rings. The van der Waals surface area contributed by atoms with E-state index in [1.54, 1.807) is 30.3 Å². The summed E-state index contributed by atoms with van der Waals surface area (Å²) in [4.78, 5) is 24.1. The molecule has 2 aromatic carbocycles. The highest BCUT2D eigenvalue weighted by molar-refractivity contribution is 7.80. The number of carbonyl (C=O) groups excluding carboxylic acids is 2. The number of carbonyl (C=O) groups is 2. The number of ether oxygens (including phenoxy) is 1. The minimum Gasteiger partial charge on any atom is -0.489 e. The van der Waals surface area contributed by atoms with E-state index in [0.29, 0.717) is 16.9 Å². The molecule has 0 aliphatic heterocycles. The number of nitrogens with one attached hydrogen (secondary N) is 3. The molecule has 2 rings (SSSR count). The van der Waals surface area contributed by atoms with Crippen LogP contribution >= 0.6 is 12.2 Å². The second-order valence-corrected chi connectivity index (χ2v) is 5.79. The lowest BCUT2D eigenvalue weighted by atomic mass is 10.2. The molecule has 0 spiro atoms. The fraction of sp³-hybridized carbons (Fsp3) is 0.0500. The van der Waals surface area contributed by atoms with Gasteiger partial charge in [0.25, 0.3) is 5.91 Å². The van der Waals surface area contributed by atoms with E-state index in [1.165, 1.54) is 36.4 Å². The van der Waals surface area contributed by atoms with Crippen LogP contribution in [0.4, 0.5) is 4.39 Å². The lowest BCUT2D eigenvalue weighted by Crippen LogP contribution is -2.48. The molecular formula is C20H18FN3O3S. The zero-order valence-electron chi connectivity index (χ0n) is 14.8. The van der Waals surface area contributed by atoms with Crippen LogP contribution in [0.25, 0.3) is 6.08 Å². The van der Waals surface area contributed by atoms with E-state index in [9.17, 15) is 14.0 Å². The maximum Gasteiger partial charge on any atom is 0.273 e. The van der Waals surface area contributed by atoms with Gasteiger partial charge in [-0.25, -0.2) is 4.39 Å². The van der Waals surface area contributed by atoms with E-state index in [0.717, 1.165) is 0 Å². The van der Waals surface area contributed by atoms with Gasteiger partial charge in [0.15, 0.2) is 5.11 Å². The van der Waals surface area contributed by atoms with Gasteiger partial charge in [-0.05, 0) is 48.1 Å². The standard InChI is InChI=1S/C20H18FN3O3S/c1-2-13-27-17-6-4-3-5-16(17)19(26)23-24-20(28)22-18(25)12-9-14-7-10-15(21)11-8-14/h2-12H,1,13H2,(H,23,26)(H2,22,24,25,28). The predicted molar refractivity (Wildman–Crippen MR) is 109 cm³/mol. The van der Waals surface area contributed by atoms with Crippen molar-refractivity contribution >= 4 is 35.2 Å². The zero-order valence-corrected chi connectivity index (χ0v) is 15.6. The van der Waals surface area contributed by atoms with E-state index in [1.807, 2.05) is 0 Å². The van der Waals surface area contributed by atoms with Crippen LogP contribution in [0.5, 0.6) is 5.75 Å². The molecule has 6 nitrogen and oxygen atoms in total. The van der Waals surface area contributed by atoms with Crippen molar-refractivity contribution < 1.29 is 18.7 Å². The van der Waals surface area contributed by atoms with E-state index < -0.39 is 11.8 Å². The third-order valence-corrected chi connectivity index (χ3v) is 3.52. The van der Waals surface area contributed by atoms with Crippen molar-refractivity contribution in [2.24, 2.45) is 0 Å². The second kappa shape index (κ2) is 10.6. The van der Waals surface area contributed by atoms with Gasteiger partial charge in [-0.15, -0.1) is 0 Å². The van der Waals surface area contributed by atoms with Gasteiger partial charge in [0.2, 0.25) is 5.91 Å². The molecular weight excluding hydrogens is 381 g/mol. The fourth-order valence-corrected chi connectivity index (χ4v) is 2.19. The summed E-state index contributed by atoms with van der Waals surface area (Å²) in [5.41, 5.74) is 5.77. The Morgan fingerprint density at radius 3 is 2.54 bits per heavy atom. The summed E-state index contributed by atoms with van der Waals surface area (Å²) < 4.78 is 18.3. The molecule has 28 heavy (non-hydrogen) atoms. The zero-order chi connectivity index (χ0) is 20.4. The van der Waals surface area contributed by atoms with Gasteiger partial charge in [0, 0.05) is 6.08 Å². The summed E-state index contributed by atoms with van der Waals surface area (Å²) in [6.07, 6.45) is 4.31. The SMILES string of the molecule is C=CCOc1ccccc1C(=O)NNC(=S)NC(=O)C=Cc1ccc(F)cc1. The molecule has 0 unspecified atom stereocenters. The Labute approximate surface area is 167 Å². The van der Waals surface area contributed by atoms with Gasteiger partial charge < -0.3 is 4.74 Å². The third kappa shape index (κ3) is 6.65. The molecule has 0 aromatic heterocycles. The van der Waals surface area contributed by atoms with E-state index in [2.05, 4.69) is 22.7 Å². The highest BCUT2D eigenvalue weighted by Crippen LogP contribution is 2.17.